The Morgan fingerprint density at radius 2 is 0.625 bits per heavy atom. The minimum absolute atomic E-state index is 0. The van der Waals surface area contributed by atoms with Crippen LogP contribution in [0, 0.1) is 35.5 Å². The molecule has 37 valence electrons. The first-order chi connectivity index (χ1) is 3.00. The summed E-state index contributed by atoms with van der Waals surface area (Å²) in [5, 5.41) is 18.8. The van der Waals surface area contributed by atoms with Gasteiger partial charge in [-0.15, -0.1) is 0 Å². The molecule has 8 heavy (non-hydrogen) atoms. The molecule has 0 rings (SSSR count). The largest absolute Gasteiger partial charge is 3.00 e. The Labute approximate surface area is 71.3 Å². The van der Waals surface area contributed by atoms with E-state index in [-0.39, 0.29) is 35.6 Å². The van der Waals surface area contributed by atoms with E-state index in [4.69, 9.17) is 35.5 Å². The van der Waals surface area contributed by atoms with E-state index in [2.05, 4.69) is 0 Å². The van der Waals surface area contributed by atoms with Crippen LogP contribution in [0.5, 0.6) is 0 Å². The summed E-state index contributed by atoms with van der Waals surface area (Å²) in [5.74, 6) is 0. The average molecular weight is 144 g/mol. The van der Waals surface area contributed by atoms with E-state index >= 15 is 0 Å². The van der Waals surface area contributed by atoms with Gasteiger partial charge in [0.2, 0.25) is 0 Å². The van der Waals surface area contributed by atoms with Crippen molar-refractivity contribution in [1.82, 2.24) is 0 Å². The van der Waals surface area contributed by atoms with Crippen LogP contribution < -0.4 is 0 Å². The third-order valence-electron chi connectivity index (χ3n) is 0. The van der Waals surface area contributed by atoms with Gasteiger partial charge in [0.25, 0.3) is 0 Å². The van der Waals surface area contributed by atoms with Crippen molar-refractivity contribution in [3.8, 4) is 0 Å². The van der Waals surface area contributed by atoms with Crippen LogP contribution in [-0.2, 0) is 16.8 Å². The first-order valence-electron chi connectivity index (χ1n) is 0.671. The molecule has 0 N–H and O–H groups in total. The Hall–Kier alpha value is -0.426. The molecule has 5 heteroatoms. The molecule has 0 bridgehead atoms. The fraction of sp³-hybridized carbons (Fsp3) is 0. The molecule has 0 amide bonds. The maximum Gasteiger partial charge on any atom is 3.00 e. The van der Waals surface area contributed by atoms with Crippen LogP contribution in [0.15, 0.2) is 0 Å². The van der Waals surface area contributed by atoms with Crippen LogP contribution >= 0.6 is 0 Å². The topological polar surface area (TPSA) is 71.4 Å². The summed E-state index contributed by atoms with van der Waals surface area (Å²) in [4.78, 5) is 0. The molecule has 0 aromatic rings. The standard InChI is InChI=1S/3CN.Co.Li/c3*1-2;;/q3*-1;+3;. The molecular formula is C3CoLiN3. The van der Waals surface area contributed by atoms with Crippen LogP contribution in [0.4, 0.5) is 0 Å². The van der Waals surface area contributed by atoms with Crippen LogP contribution in [0.3, 0.4) is 0 Å². The van der Waals surface area contributed by atoms with Crippen LogP contribution in [0.1, 0.15) is 0 Å². The van der Waals surface area contributed by atoms with Crippen molar-refractivity contribution in [3.63, 3.8) is 0 Å². The van der Waals surface area contributed by atoms with E-state index in [1.54, 1.807) is 0 Å². The van der Waals surface area contributed by atoms with Crippen molar-refractivity contribution in [3.05, 3.63) is 19.7 Å². The molecule has 3 nitrogen and oxygen atoms in total. The Balaban J connectivity index is -0.00000000500. The molecule has 0 aromatic carbocycles. The van der Waals surface area contributed by atoms with Gasteiger partial charge in [0.15, 0.2) is 0 Å². The third-order valence-corrected chi connectivity index (χ3v) is 0. The van der Waals surface area contributed by atoms with Crippen molar-refractivity contribution in [2.45, 2.75) is 0 Å². The molecule has 0 unspecified atom stereocenters. The fourth-order valence-electron chi connectivity index (χ4n) is 0. The Morgan fingerprint density at radius 3 is 0.625 bits per heavy atom. The number of hydrogen-bond donors (Lipinski definition) is 0. The van der Waals surface area contributed by atoms with Gasteiger partial charge >= 0.3 is 16.8 Å². The van der Waals surface area contributed by atoms with Gasteiger partial charge in [-0.2, -0.15) is 0 Å². The summed E-state index contributed by atoms with van der Waals surface area (Å²) in [5.41, 5.74) is 0. The van der Waals surface area contributed by atoms with Crippen LogP contribution in [0.2, 0.25) is 0 Å². The van der Waals surface area contributed by atoms with Crippen molar-refractivity contribution in [2.24, 2.45) is 0 Å². The Kier molecular flexibility index (Phi) is 6950. The molecule has 0 atom stereocenters. The zero-order chi connectivity index (χ0) is 6.00. The molecule has 0 saturated heterocycles. The molecule has 1 radical (unpaired) electrons. The van der Waals surface area contributed by atoms with Crippen molar-refractivity contribution in [1.29, 1.82) is 15.8 Å². The van der Waals surface area contributed by atoms with Gasteiger partial charge in [0, 0.05) is 18.9 Å². The summed E-state index contributed by atoms with van der Waals surface area (Å²) >= 11 is 0. The Bertz CT molecular complexity index is 43.0. The molecule has 0 heterocycles. The van der Waals surface area contributed by atoms with Gasteiger partial charge in [-0.25, -0.2) is 0 Å². The maximum atomic E-state index is 6.25. The monoisotopic (exact) mass is 144 g/mol. The van der Waals surface area contributed by atoms with E-state index in [0.717, 1.165) is 0 Å². The molecule has 0 spiro atoms. The van der Waals surface area contributed by atoms with Crippen LogP contribution in [0.25, 0.3) is 0 Å². The second kappa shape index (κ2) is 1120. The maximum absolute atomic E-state index is 6.25. The van der Waals surface area contributed by atoms with E-state index < -0.39 is 0 Å². The minimum Gasteiger partial charge on any atom is -0.512 e. The quantitative estimate of drug-likeness (QED) is 0.352. The summed E-state index contributed by atoms with van der Waals surface area (Å²) < 4.78 is 0. The number of hydrogen-bond acceptors (Lipinski definition) is 3. The van der Waals surface area contributed by atoms with E-state index in [9.17, 15) is 0 Å². The predicted molar refractivity (Wildman–Crippen MR) is 20.7 cm³/mol. The second-order valence-corrected chi connectivity index (χ2v) is 0. The zero-order valence-electron chi connectivity index (χ0n) is 4.17. The smallest absolute Gasteiger partial charge is 0.512 e. The van der Waals surface area contributed by atoms with E-state index in [1.807, 2.05) is 0 Å². The van der Waals surface area contributed by atoms with Crippen molar-refractivity contribution >= 4 is 18.9 Å². The average Bonchev–Trinajstić information content (AvgIpc) is 1.81. The second-order valence-electron chi connectivity index (χ2n) is 0. The summed E-state index contributed by atoms with van der Waals surface area (Å²) in [6, 6.07) is 0. The molecule has 0 aliphatic carbocycles. The summed E-state index contributed by atoms with van der Waals surface area (Å²) in [6.07, 6.45) is 0. The minimum atomic E-state index is 0. The molecule has 0 aromatic heterocycles. The van der Waals surface area contributed by atoms with E-state index in [0.29, 0.717) is 0 Å². The Morgan fingerprint density at radius 1 is 0.625 bits per heavy atom. The molecule has 0 aliphatic heterocycles. The SMILES string of the molecule is [C-]#N.[C-]#N.[C-]#N.[Co+3].[Li]. The summed E-state index contributed by atoms with van der Waals surface area (Å²) in [7, 11) is 0. The molecule has 0 fully saturated rings. The van der Waals surface area contributed by atoms with Gasteiger partial charge in [-0.1, -0.05) is 0 Å². The van der Waals surface area contributed by atoms with E-state index in [1.165, 1.54) is 0 Å². The van der Waals surface area contributed by atoms with Crippen LogP contribution in [-0.4, -0.2) is 18.9 Å². The third kappa shape index (κ3) is 642. The van der Waals surface area contributed by atoms with Gasteiger partial charge in [0.1, 0.15) is 0 Å². The normalized spacial score (nSPS) is 0.750. The van der Waals surface area contributed by atoms with Gasteiger partial charge in [0.05, 0.1) is 0 Å². The first kappa shape index (κ1) is 49.4. The van der Waals surface area contributed by atoms with Gasteiger partial charge < -0.3 is 35.5 Å². The van der Waals surface area contributed by atoms with Crippen molar-refractivity contribution in [2.75, 3.05) is 0 Å². The van der Waals surface area contributed by atoms with Gasteiger partial charge in [-0.3, -0.25) is 0 Å². The molecular weight excluding hydrogens is 144 g/mol. The number of nitrogens with zero attached hydrogens (tertiary/aromatic N) is 3. The molecule has 0 aliphatic rings. The van der Waals surface area contributed by atoms with Gasteiger partial charge in [-0.05, 0) is 0 Å². The fourth-order valence-corrected chi connectivity index (χ4v) is 0. The molecule has 0 saturated carbocycles. The number of rotatable bonds is 0. The zero-order valence-corrected chi connectivity index (χ0v) is 5.22. The predicted octanol–water partition coefficient (Wildman–Crippen LogP) is -0.0942. The summed E-state index contributed by atoms with van der Waals surface area (Å²) in [6.45, 7) is 14.2. The first-order valence-corrected chi connectivity index (χ1v) is 0.671. The van der Waals surface area contributed by atoms with Crippen molar-refractivity contribution < 1.29 is 16.8 Å².